The number of hydrogen-bond donors (Lipinski definition) is 2. The zero-order valence-corrected chi connectivity index (χ0v) is 10.0. The molecule has 0 aliphatic heterocycles. The maximum Gasteiger partial charge on any atom is 0.404 e. The van der Waals surface area contributed by atoms with Gasteiger partial charge in [0, 0.05) is 14.1 Å². The molecule has 8 heteroatoms. The van der Waals surface area contributed by atoms with Crippen molar-refractivity contribution in [2.45, 2.75) is 13.1 Å². The van der Waals surface area contributed by atoms with Crippen molar-refractivity contribution in [3.63, 3.8) is 0 Å². The summed E-state index contributed by atoms with van der Waals surface area (Å²) < 4.78 is 1.25. The topological polar surface area (TPSA) is 111 Å². The summed E-state index contributed by atoms with van der Waals surface area (Å²) in [6.45, 7) is -0.0799. The first-order valence-electron chi connectivity index (χ1n) is 5.07. The standard InChI is InChI=1S/C10H13N5O3/c1-14(2)9(16)8-5-7(6-12-10(17)18)13-15(8)4-3-11/h5,12H,4,6H2,1-2H3,(H,17,18). The van der Waals surface area contributed by atoms with E-state index in [4.69, 9.17) is 10.4 Å². The Hall–Kier alpha value is -2.56. The molecule has 0 radical (unpaired) electrons. The highest BCUT2D eigenvalue weighted by atomic mass is 16.4. The van der Waals surface area contributed by atoms with E-state index in [1.54, 1.807) is 14.1 Å². The zero-order chi connectivity index (χ0) is 13.7. The van der Waals surface area contributed by atoms with Crippen LogP contribution >= 0.6 is 0 Å². The summed E-state index contributed by atoms with van der Waals surface area (Å²) in [5.74, 6) is -0.292. The van der Waals surface area contributed by atoms with E-state index in [9.17, 15) is 9.59 Å². The molecule has 0 saturated carbocycles. The van der Waals surface area contributed by atoms with E-state index in [1.165, 1.54) is 15.6 Å². The maximum absolute atomic E-state index is 11.8. The van der Waals surface area contributed by atoms with Gasteiger partial charge in [-0.2, -0.15) is 10.4 Å². The molecule has 0 spiro atoms. The minimum absolute atomic E-state index is 0.0124. The molecule has 0 aromatic carbocycles. The molecule has 1 rings (SSSR count). The first-order chi connectivity index (χ1) is 8.45. The minimum atomic E-state index is -1.18. The number of nitriles is 1. The number of rotatable bonds is 4. The van der Waals surface area contributed by atoms with Gasteiger partial charge in [-0.3, -0.25) is 4.79 Å². The molecule has 96 valence electrons. The Kier molecular flexibility index (Phi) is 4.26. The molecule has 0 saturated heterocycles. The van der Waals surface area contributed by atoms with Crippen LogP contribution in [0.15, 0.2) is 6.07 Å². The van der Waals surface area contributed by atoms with E-state index in [-0.39, 0.29) is 24.7 Å². The summed E-state index contributed by atoms with van der Waals surface area (Å²) in [7, 11) is 3.17. The number of amides is 2. The van der Waals surface area contributed by atoms with Gasteiger partial charge in [0.25, 0.3) is 5.91 Å². The Morgan fingerprint density at radius 3 is 2.78 bits per heavy atom. The van der Waals surface area contributed by atoms with Crippen LogP contribution in [-0.2, 0) is 13.1 Å². The third kappa shape index (κ3) is 3.21. The Balaban J connectivity index is 2.97. The van der Waals surface area contributed by atoms with Gasteiger partial charge >= 0.3 is 6.09 Å². The van der Waals surface area contributed by atoms with E-state index in [0.29, 0.717) is 5.69 Å². The van der Waals surface area contributed by atoms with Crippen LogP contribution in [0.3, 0.4) is 0 Å². The molecule has 18 heavy (non-hydrogen) atoms. The lowest BCUT2D eigenvalue weighted by Crippen LogP contribution is -2.24. The normalized spacial score (nSPS) is 9.61. The molecule has 0 bridgehead atoms. The molecule has 8 nitrogen and oxygen atoms in total. The van der Waals surface area contributed by atoms with Crippen LogP contribution in [0, 0.1) is 11.3 Å². The third-order valence-corrected chi connectivity index (χ3v) is 2.10. The average molecular weight is 251 g/mol. The number of carbonyl (C=O) groups is 2. The van der Waals surface area contributed by atoms with E-state index < -0.39 is 6.09 Å². The molecule has 0 fully saturated rings. The fraction of sp³-hybridized carbons (Fsp3) is 0.400. The Bertz CT molecular complexity index is 500. The highest BCUT2D eigenvalue weighted by Gasteiger charge is 2.16. The molecule has 0 unspecified atom stereocenters. The molecule has 0 atom stereocenters. The molecule has 1 aromatic rings. The van der Waals surface area contributed by atoms with Gasteiger partial charge in [-0.15, -0.1) is 0 Å². The van der Waals surface area contributed by atoms with Crippen LogP contribution < -0.4 is 5.32 Å². The van der Waals surface area contributed by atoms with Crippen LogP contribution in [0.4, 0.5) is 4.79 Å². The van der Waals surface area contributed by atoms with Crippen molar-refractivity contribution < 1.29 is 14.7 Å². The van der Waals surface area contributed by atoms with Crippen molar-refractivity contribution in [1.29, 1.82) is 5.26 Å². The predicted molar refractivity (Wildman–Crippen MR) is 60.7 cm³/mol. The van der Waals surface area contributed by atoms with Gasteiger partial charge in [-0.25, -0.2) is 9.48 Å². The lowest BCUT2D eigenvalue weighted by Gasteiger charge is -2.09. The first kappa shape index (κ1) is 13.5. The summed E-state index contributed by atoms with van der Waals surface area (Å²) >= 11 is 0. The summed E-state index contributed by atoms with van der Waals surface area (Å²) in [6, 6.07) is 3.36. The Morgan fingerprint density at radius 2 is 2.28 bits per heavy atom. The SMILES string of the molecule is CN(C)C(=O)c1cc(CNC(=O)O)nn1CC#N. The van der Waals surface area contributed by atoms with Crippen molar-refractivity contribution in [2.24, 2.45) is 0 Å². The monoisotopic (exact) mass is 251 g/mol. The van der Waals surface area contributed by atoms with E-state index in [0.717, 1.165) is 0 Å². The van der Waals surface area contributed by atoms with Crippen molar-refractivity contribution in [3.05, 3.63) is 17.5 Å². The highest BCUT2D eigenvalue weighted by molar-refractivity contribution is 5.92. The van der Waals surface area contributed by atoms with Crippen LogP contribution in [0.2, 0.25) is 0 Å². The van der Waals surface area contributed by atoms with E-state index >= 15 is 0 Å². The molecular formula is C10H13N5O3. The molecule has 0 aliphatic carbocycles. The predicted octanol–water partition coefficient (Wildman–Crippen LogP) is -0.124. The number of hydrogen-bond acceptors (Lipinski definition) is 4. The second-order valence-corrected chi connectivity index (χ2v) is 3.69. The van der Waals surface area contributed by atoms with Crippen LogP contribution in [0.5, 0.6) is 0 Å². The smallest absolute Gasteiger partial charge is 0.404 e. The van der Waals surface area contributed by atoms with Gasteiger partial charge in [-0.1, -0.05) is 0 Å². The van der Waals surface area contributed by atoms with E-state index in [2.05, 4.69) is 10.4 Å². The summed E-state index contributed by atoms with van der Waals surface area (Å²) in [5.41, 5.74) is 0.640. The lowest BCUT2D eigenvalue weighted by atomic mass is 10.3. The molecule has 2 amide bonds. The second-order valence-electron chi connectivity index (χ2n) is 3.69. The maximum atomic E-state index is 11.8. The lowest BCUT2D eigenvalue weighted by molar-refractivity contribution is 0.0816. The van der Waals surface area contributed by atoms with Gasteiger partial charge in [0.05, 0.1) is 18.3 Å². The number of carboxylic acid groups (broad SMARTS) is 1. The molecule has 1 heterocycles. The van der Waals surface area contributed by atoms with Crippen LogP contribution in [0.1, 0.15) is 16.2 Å². The Labute approximate surface area is 103 Å². The number of nitrogens with one attached hydrogen (secondary N) is 1. The number of nitrogens with zero attached hydrogens (tertiary/aromatic N) is 4. The minimum Gasteiger partial charge on any atom is -0.465 e. The van der Waals surface area contributed by atoms with Crippen LogP contribution in [0.25, 0.3) is 0 Å². The van der Waals surface area contributed by atoms with Crippen LogP contribution in [-0.4, -0.2) is 45.9 Å². The largest absolute Gasteiger partial charge is 0.465 e. The number of carbonyl (C=O) groups excluding carboxylic acids is 1. The molecule has 2 N–H and O–H groups in total. The van der Waals surface area contributed by atoms with Gasteiger partial charge in [0.15, 0.2) is 0 Å². The fourth-order valence-electron chi connectivity index (χ4n) is 1.31. The number of aromatic nitrogens is 2. The van der Waals surface area contributed by atoms with Crippen molar-refractivity contribution in [2.75, 3.05) is 14.1 Å². The van der Waals surface area contributed by atoms with Crippen molar-refractivity contribution in [3.8, 4) is 6.07 Å². The third-order valence-electron chi connectivity index (χ3n) is 2.10. The fourth-order valence-corrected chi connectivity index (χ4v) is 1.31. The molecule has 0 aliphatic rings. The van der Waals surface area contributed by atoms with E-state index in [1.807, 2.05) is 6.07 Å². The average Bonchev–Trinajstić information content (AvgIpc) is 2.69. The van der Waals surface area contributed by atoms with Gasteiger partial charge in [-0.05, 0) is 6.07 Å². The van der Waals surface area contributed by atoms with Gasteiger partial charge in [0.1, 0.15) is 12.2 Å². The summed E-state index contributed by atoms with van der Waals surface area (Å²) in [4.78, 5) is 23.5. The highest BCUT2D eigenvalue weighted by Crippen LogP contribution is 2.07. The zero-order valence-electron chi connectivity index (χ0n) is 10.0. The Morgan fingerprint density at radius 1 is 1.61 bits per heavy atom. The van der Waals surface area contributed by atoms with Crippen molar-refractivity contribution in [1.82, 2.24) is 20.0 Å². The quantitative estimate of drug-likeness (QED) is 0.774. The first-order valence-corrected chi connectivity index (χ1v) is 5.07. The summed E-state index contributed by atoms with van der Waals surface area (Å²) in [5, 5.41) is 23.3. The summed E-state index contributed by atoms with van der Waals surface area (Å²) in [6.07, 6.45) is -1.18. The van der Waals surface area contributed by atoms with Gasteiger partial charge in [0.2, 0.25) is 0 Å². The molecular weight excluding hydrogens is 238 g/mol. The molecule has 1 aromatic heterocycles. The second kappa shape index (κ2) is 5.67. The van der Waals surface area contributed by atoms with Crippen molar-refractivity contribution >= 4 is 12.0 Å². The van der Waals surface area contributed by atoms with Gasteiger partial charge < -0.3 is 15.3 Å².